The fourth-order valence-electron chi connectivity index (χ4n) is 9.21. The number of halogens is 35. The molecule has 0 bridgehead atoms. The largest absolute Gasteiger partial charge is 0.743 e. The molecule has 3 unspecified atom stereocenters. The minimum atomic E-state index is -8.92. The van der Waals surface area contributed by atoms with E-state index < -0.39 is 133 Å². The van der Waals surface area contributed by atoms with Crippen LogP contribution in [0.3, 0.4) is 0 Å². The number of carbonyl (C=O) groups excluding carboxylic acids is 5. The highest BCUT2D eigenvalue weighted by molar-refractivity contribution is 8.00. The second-order valence-electron chi connectivity index (χ2n) is 24.0. The fourth-order valence-corrected chi connectivity index (χ4v) is 18.9. The summed E-state index contributed by atoms with van der Waals surface area (Å²) >= 11 is 0. The number of hydrogen-bond donors (Lipinski definition) is 0. The van der Waals surface area contributed by atoms with Gasteiger partial charge in [-0.3, -0.25) is 24.0 Å². The van der Waals surface area contributed by atoms with Gasteiger partial charge < -0.3 is 13.7 Å². The maximum absolute atomic E-state index is 13.0. The van der Waals surface area contributed by atoms with Crippen LogP contribution in [0.25, 0.3) is 0 Å². The second kappa shape index (κ2) is 36.1. The van der Waals surface area contributed by atoms with Gasteiger partial charge in [-0.05, 0) is 56.3 Å². The summed E-state index contributed by atoms with van der Waals surface area (Å²) in [6.45, 7) is 8.92. The smallest absolute Gasteiger partial charge is 0.460 e. The van der Waals surface area contributed by atoms with E-state index in [9.17, 15) is 217 Å². The van der Waals surface area contributed by atoms with E-state index in [-0.39, 0.29) is 50.2 Å². The topological polar surface area (TPSA) is 257 Å². The van der Waals surface area contributed by atoms with Gasteiger partial charge >= 0.3 is 93.5 Å². The lowest BCUT2D eigenvalue weighted by atomic mass is 9.91. The van der Waals surface area contributed by atoms with Gasteiger partial charge in [-0.2, -0.15) is 154 Å². The molecule has 3 heterocycles. The van der Waals surface area contributed by atoms with Crippen molar-refractivity contribution in [2.24, 2.45) is 0 Å². The number of carbonyl (C=O) groups is 5. The monoisotopic (exact) mass is 1840 g/mol. The van der Waals surface area contributed by atoms with Crippen LogP contribution >= 0.6 is 0 Å². The number of rotatable bonds is 24. The molecule has 0 aliphatic carbocycles. The first-order valence-corrected chi connectivity index (χ1v) is 39.2. The third kappa shape index (κ3) is 20.6. The average Bonchev–Trinajstić information content (AvgIpc) is 0.806. The molecule has 114 heavy (non-hydrogen) atoms. The molecule has 55 heteroatoms. The first-order valence-electron chi connectivity index (χ1n) is 30.2. The minimum Gasteiger partial charge on any atom is -0.743 e. The predicted octanol–water partition coefficient (Wildman–Crippen LogP) is 16.3. The molecule has 3 aromatic carbocycles. The van der Waals surface area contributed by atoms with Gasteiger partial charge in [-0.25, -0.2) is 25.3 Å². The molecule has 3 aliphatic rings. The zero-order chi connectivity index (χ0) is 90.5. The first kappa shape index (κ1) is 106. The molecule has 3 saturated heterocycles. The highest BCUT2D eigenvalue weighted by Gasteiger charge is 2.96. The number of benzene rings is 3. The Kier molecular flexibility index (Phi) is 33.7. The summed E-state index contributed by atoms with van der Waals surface area (Å²) < 4.78 is 513. The number of Topliss-reactive ketones (excluding diaryl/α,β-unsaturated/α-hetero) is 5. The molecular formula is C59H55F35O14S6. The lowest BCUT2D eigenvalue weighted by Crippen LogP contribution is -2.75. The molecule has 3 atom stereocenters. The van der Waals surface area contributed by atoms with E-state index >= 15 is 0 Å². The summed E-state index contributed by atoms with van der Waals surface area (Å²) in [5.41, 5.74) is 2.20. The maximum Gasteiger partial charge on any atom is 0.460 e. The molecule has 0 spiro atoms. The van der Waals surface area contributed by atoms with E-state index in [1.165, 1.54) is 24.3 Å². The number of alkyl halides is 35. The van der Waals surface area contributed by atoms with Crippen molar-refractivity contribution in [3.05, 3.63) is 108 Å². The van der Waals surface area contributed by atoms with Crippen molar-refractivity contribution in [3.63, 3.8) is 0 Å². The van der Waals surface area contributed by atoms with E-state index in [1.807, 2.05) is 105 Å². The molecule has 0 saturated carbocycles. The molecule has 3 fully saturated rings. The Morgan fingerprint density at radius 1 is 0.307 bits per heavy atom. The molecule has 6 rings (SSSR count). The molecular weight excluding hydrogens is 1790 g/mol. The highest BCUT2D eigenvalue weighted by atomic mass is 32.2. The lowest BCUT2D eigenvalue weighted by molar-refractivity contribution is -0.458. The molecule has 656 valence electrons. The summed E-state index contributed by atoms with van der Waals surface area (Å²) in [6.07, 6.45) is -15.0. The standard InChI is InChI=1S/2C15H19O2S.C13H17OS.C8HF17O3S.2C4HF9O3S/c2*1-12(16)15(2,18-10-6-7-11-18)14(17)13-8-4-3-5-9-13;1-11(15-9-5-6-10-15)13(14)12-7-3-2-4-8-12;9-1(10,3(13,14)5(17,18)7(21,22)23)2(11,12)4(15,16)6(19,20)8(24,25)29(26,27)28;2*5-1(6,3(9,10)11)2(7,8)4(12,13)17(14,15)16/h2*3-5,8-9H,6-7,10-11H2,1-2H3;2-4,7-8,11H,5-6,9-10H2,1H3;(H,26,27,28);2*(H,14,15,16)/q3*+1;;;/p-3. The van der Waals surface area contributed by atoms with Gasteiger partial charge in [0.15, 0.2) is 47.2 Å². The average molecular weight is 1850 g/mol. The Hall–Kier alpha value is -5.66. The van der Waals surface area contributed by atoms with E-state index in [4.69, 9.17) is 0 Å². The van der Waals surface area contributed by atoms with Crippen molar-refractivity contribution in [2.45, 2.75) is 181 Å². The highest BCUT2D eigenvalue weighted by Crippen LogP contribution is 2.65. The van der Waals surface area contributed by atoms with Gasteiger partial charge in [0.1, 0.15) is 34.5 Å². The van der Waals surface area contributed by atoms with Crippen LogP contribution in [0.1, 0.15) is 104 Å². The van der Waals surface area contributed by atoms with Crippen molar-refractivity contribution in [2.75, 3.05) is 34.5 Å². The second-order valence-corrected chi connectivity index (χ2v) is 36.1. The summed E-state index contributed by atoms with van der Waals surface area (Å²) in [6, 6.07) is 28.1. The van der Waals surface area contributed by atoms with Crippen LogP contribution in [0.15, 0.2) is 91.0 Å². The molecule has 3 aliphatic heterocycles. The normalized spacial score (nSPS) is 17.7. The van der Waals surface area contributed by atoms with Gasteiger partial charge in [-0.15, -0.1) is 0 Å². The third-order valence-electron chi connectivity index (χ3n) is 16.4. The zero-order valence-corrected chi connectivity index (χ0v) is 62.0. The lowest BCUT2D eigenvalue weighted by Gasteiger charge is -2.42. The SMILES string of the molecule is CC(=O)C(C)(C(=O)c1ccccc1)[S+]1CCCC1.CC(=O)C(C)(C(=O)c1ccccc1)[S+]1CCCC1.CC(C(=O)c1ccccc1)[S+]1CCCC1.O=S(=O)([O-])C(F)(F)C(F)(F)C(F)(F)C(F)(F)C(F)(F)C(F)(F)C(F)(F)C(F)(F)F.O=S(=O)([O-])C(F)(F)C(F)(F)C(F)(F)C(F)(F)F.O=S(=O)([O-])C(F)(F)C(F)(F)C(F)(F)C(F)(F)F. The predicted molar refractivity (Wildman–Crippen MR) is 331 cm³/mol. The van der Waals surface area contributed by atoms with E-state index in [2.05, 4.69) is 6.92 Å². The number of ketones is 5. The molecule has 0 aromatic heterocycles. The van der Waals surface area contributed by atoms with Gasteiger partial charge in [0, 0.05) is 66.2 Å². The van der Waals surface area contributed by atoms with Gasteiger partial charge in [0.25, 0.3) is 0 Å². The van der Waals surface area contributed by atoms with Gasteiger partial charge in [0.05, 0.1) is 0 Å². The van der Waals surface area contributed by atoms with Crippen molar-refractivity contribution < 1.29 is 217 Å². The first-order chi connectivity index (χ1) is 50.4. The summed E-state index contributed by atoms with van der Waals surface area (Å²) in [7, 11) is -22.8. The van der Waals surface area contributed by atoms with Crippen LogP contribution in [0.4, 0.5) is 154 Å². The van der Waals surface area contributed by atoms with Crippen LogP contribution < -0.4 is 0 Å². The van der Waals surface area contributed by atoms with E-state index in [0.717, 1.165) is 54.3 Å². The maximum atomic E-state index is 13.0. The van der Waals surface area contributed by atoms with Crippen LogP contribution in [0.2, 0.25) is 0 Å². The minimum absolute atomic E-state index is 0.000772. The molecule has 0 N–H and O–H groups in total. The van der Waals surface area contributed by atoms with Crippen molar-refractivity contribution in [3.8, 4) is 0 Å². The van der Waals surface area contributed by atoms with Crippen molar-refractivity contribution in [1.82, 2.24) is 0 Å². The Morgan fingerprint density at radius 2 is 0.491 bits per heavy atom. The van der Waals surface area contributed by atoms with Crippen molar-refractivity contribution in [1.29, 1.82) is 0 Å². The molecule has 14 nitrogen and oxygen atoms in total. The van der Waals surface area contributed by atoms with Crippen LogP contribution in [-0.2, 0) is 72.6 Å². The fraction of sp³-hybridized carbons (Fsp3) is 0.610. The van der Waals surface area contributed by atoms with Crippen LogP contribution in [0, 0.1) is 0 Å². The Balaban J connectivity index is 0.000000694. The Labute approximate surface area is 629 Å². The molecule has 0 radical (unpaired) electrons. The van der Waals surface area contributed by atoms with Crippen LogP contribution in [0.5, 0.6) is 0 Å². The number of hydrogen-bond acceptors (Lipinski definition) is 14. The van der Waals surface area contributed by atoms with Crippen LogP contribution in [-0.4, -0.2) is 211 Å². The zero-order valence-electron chi connectivity index (χ0n) is 57.1. The van der Waals surface area contributed by atoms with Gasteiger partial charge in [0.2, 0.25) is 26.8 Å². The summed E-state index contributed by atoms with van der Waals surface area (Å²) in [4.78, 5) is 61.6. The Bertz CT molecular complexity index is 3970. The third-order valence-corrected chi connectivity index (χ3v) is 28.2. The quantitative estimate of drug-likeness (QED) is 0.0266. The van der Waals surface area contributed by atoms with E-state index in [1.54, 1.807) is 13.8 Å². The summed E-state index contributed by atoms with van der Waals surface area (Å²) in [5.74, 6) is -74.8. The Morgan fingerprint density at radius 3 is 0.702 bits per heavy atom. The van der Waals surface area contributed by atoms with Crippen molar-refractivity contribution >= 4 is 92.0 Å². The van der Waals surface area contributed by atoms with Gasteiger partial charge in [-0.1, -0.05) is 91.0 Å². The summed E-state index contributed by atoms with van der Waals surface area (Å²) in [5, 5.41) is -21.9. The molecule has 0 amide bonds. The molecule has 3 aromatic rings. The van der Waals surface area contributed by atoms with E-state index in [0.29, 0.717) is 27.8 Å².